The molecule has 110 valence electrons. The van der Waals surface area contributed by atoms with E-state index in [9.17, 15) is 0 Å². The number of fused-ring (bicyclic) bond motifs is 1. The number of hydrogen-bond donors (Lipinski definition) is 1. The first kappa shape index (κ1) is 14.2. The molecule has 0 amide bonds. The molecule has 2 aromatic rings. The smallest absolute Gasteiger partial charge is 0.0444 e. The van der Waals surface area contributed by atoms with Crippen LogP contribution < -0.4 is 10.2 Å². The highest BCUT2D eigenvalue weighted by Gasteiger charge is 2.19. The Bertz CT molecular complexity index is 631. The molecule has 0 spiro atoms. The second-order valence-corrected chi connectivity index (χ2v) is 6.18. The summed E-state index contributed by atoms with van der Waals surface area (Å²) in [6.07, 6.45) is 1.14. The van der Waals surface area contributed by atoms with Gasteiger partial charge in [0, 0.05) is 30.5 Å². The zero-order valence-electron chi connectivity index (χ0n) is 13.2. The first-order valence-corrected chi connectivity index (χ1v) is 7.83. The summed E-state index contributed by atoms with van der Waals surface area (Å²) in [6, 6.07) is 16.1. The molecule has 1 aliphatic rings. The molecule has 0 saturated carbocycles. The van der Waals surface area contributed by atoms with Crippen molar-refractivity contribution in [2.45, 2.75) is 39.8 Å². The van der Waals surface area contributed by atoms with E-state index in [2.05, 4.69) is 73.5 Å². The zero-order chi connectivity index (χ0) is 14.8. The van der Waals surface area contributed by atoms with Crippen LogP contribution >= 0.6 is 0 Å². The Morgan fingerprint density at radius 1 is 1.14 bits per heavy atom. The maximum Gasteiger partial charge on any atom is 0.0444 e. The molecule has 0 aromatic heterocycles. The molecule has 2 aromatic carbocycles. The Balaban J connectivity index is 1.83. The van der Waals surface area contributed by atoms with Gasteiger partial charge in [-0.05, 0) is 48.2 Å². The van der Waals surface area contributed by atoms with E-state index >= 15 is 0 Å². The largest absolute Gasteiger partial charge is 0.341 e. The van der Waals surface area contributed by atoms with Crippen molar-refractivity contribution >= 4 is 11.4 Å². The van der Waals surface area contributed by atoms with Crippen LogP contribution in [-0.4, -0.2) is 12.6 Å². The zero-order valence-corrected chi connectivity index (χ0v) is 13.2. The second-order valence-electron chi connectivity index (χ2n) is 6.18. The van der Waals surface area contributed by atoms with Crippen molar-refractivity contribution < 1.29 is 0 Å². The molecular formula is C19H24N2. The number of benzene rings is 2. The van der Waals surface area contributed by atoms with Gasteiger partial charge in [0.2, 0.25) is 0 Å². The lowest BCUT2D eigenvalue weighted by molar-refractivity contribution is 0.587. The summed E-state index contributed by atoms with van der Waals surface area (Å²) in [5.41, 5.74) is 6.89. The molecule has 21 heavy (non-hydrogen) atoms. The molecule has 0 fully saturated rings. The summed E-state index contributed by atoms with van der Waals surface area (Å²) in [5.74, 6) is 0. The first-order chi connectivity index (χ1) is 10.1. The van der Waals surface area contributed by atoms with Crippen LogP contribution in [0.25, 0.3) is 0 Å². The summed E-state index contributed by atoms with van der Waals surface area (Å²) in [6.45, 7) is 8.61. The molecule has 0 aliphatic carbocycles. The Kier molecular flexibility index (Phi) is 3.98. The Morgan fingerprint density at radius 3 is 2.71 bits per heavy atom. The normalized spacial score (nSPS) is 13.8. The van der Waals surface area contributed by atoms with Crippen LogP contribution in [0.15, 0.2) is 42.5 Å². The van der Waals surface area contributed by atoms with Gasteiger partial charge in [0.15, 0.2) is 0 Å². The highest BCUT2D eigenvalue weighted by atomic mass is 15.2. The maximum atomic E-state index is 3.49. The number of aryl methyl sites for hydroxylation is 1. The fraction of sp³-hybridized carbons (Fsp3) is 0.368. The van der Waals surface area contributed by atoms with E-state index in [-0.39, 0.29) is 0 Å². The van der Waals surface area contributed by atoms with Gasteiger partial charge in [-0.15, -0.1) is 0 Å². The first-order valence-electron chi connectivity index (χ1n) is 7.83. The van der Waals surface area contributed by atoms with Gasteiger partial charge < -0.3 is 10.2 Å². The second kappa shape index (κ2) is 5.90. The average Bonchev–Trinajstić information content (AvgIpc) is 2.89. The summed E-state index contributed by atoms with van der Waals surface area (Å²) in [7, 11) is 0. The van der Waals surface area contributed by atoms with E-state index in [1.54, 1.807) is 0 Å². The topological polar surface area (TPSA) is 15.3 Å². The summed E-state index contributed by atoms with van der Waals surface area (Å²) >= 11 is 0. The standard InChI is InChI=1S/C19H24N2/c1-14(2)20-13-17-8-9-18(12-15(17)3)21-11-10-16-6-4-5-7-19(16)21/h4-9,12,14,20H,10-11,13H2,1-3H3. The van der Waals surface area contributed by atoms with Crippen molar-refractivity contribution in [3.8, 4) is 0 Å². The molecule has 1 heterocycles. The molecule has 0 atom stereocenters. The minimum absolute atomic E-state index is 0.523. The summed E-state index contributed by atoms with van der Waals surface area (Å²) in [4.78, 5) is 2.43. The van der Waals surface area contributed by atoms with Crippen LogP contribution in [0.5, 0.6) is 0 Å². The molecule has 2 nitrogen and oxygen atoms in total. The van der Waals surface area contributed by atoms with Gasteiger partial charge in [-0.25, -0.2) is 0 Å². The number of nitrogens with one attached hydrogen (secondary N) is 1. The SMILES string of the molecule is Cc1cc(N2CCc3ccccc32)ccc1CNC(C)C. The monoisotopic (exact) mass is 280 g/mol. The van der Waals surface area contributed by atoms with Crippen LogP contribution in [0.4, 0.5) is 11.4 Å². The molecular weight excluding hydrogens is 256 g/mol. The van der Waals surface area contributed by atoms with Crippen molar-refractivity contribution in [2.24, 2.45) is 0 Å². The fourth-order valence-electron chi connectivity index (χ4n) is 2.97. The van der Waals surface area contributed by atoms with Gasteiger partial charge >= 0.3 is 0 Å². The molecule has 0 saturated heterocycles. The van der Waals surface area contributed by atoms with E-state index in [1.807, 2.05) is 0 Å². The van der Waals surface area contributed by atoms with Crippen LogP contribution in [0, 0.1) is 6.92 Å². The van der Waals surface area contributed by atoms with E-state index in [1.165, 1.54) is 28.1 Å². The lowest BCUT2D eigenvalue weighted by Gasteiger charge is -2.21. The quantitative estimate of drug-likeness (QED) is 0.903. The van der Waals surface area contributed by atoms with Gasteiger partial charge in [-0.2, -0.15) is 0 Å². The van der Waals surface area contributed by atoms with E-state index < -0.39 is 0 Å². The Morgan fingerprint density at radius 2 is 1.95 bits per heavy atom. The number of para-hydroxylation sites is 1. The van der Waals surface area contributed by atoms with Gasteiger partial charge in [-0.3, -0.25) is 0 Å². The molecule has 0 unspecified atom stereocenters. The van der Waals surface area contributed by atoms with Crippen LogP contribution in [-0.2, 0) is 13.0 Å². The van der Waals surface area contributed by atoms with E-state index in [0.29, 0.717) is 6.04 Å². The average molecular weight is 280 g/mol. The molecule has 1 aliphatic heterocycles. The van der Waals surface area contributed by atoms with Gasteiger partial charge in [-0.1, -0.05) is 38.1 Å². The lowest BCUT2D eigenvalue weighted by Crippen LogP contribution is -2.22. The maximum absolute atomic E-state index is 3.49. The highest BCUT2D eigenvalue weighted by molar-refractivity contribution is 5.70. The number of nitrogens with zero attached hydrogens (tertiary/aromatic N) is 1. The van der Waals surface area contributed by atoms with Crippen molar-refractivity contribution in [1.29, 1.82) is 0 Å². The predicted molar refractivity (Wildman–Crippen MR) is 90.3 cm³/mol. The Labute approximate surface area is 127 Å². The van der Waals surface area contributed by atoms with Crippen LogP contribution in [0.1, 0.15) is 30.5 Å². The van der Waals surface area contributed by atoms with Crippen molar-refractivity contribution in [2.75, 3.05) is 11.4 Å². The fourth-order valence-corrected chi connectivity index (χ4v) is 2.97. The van der Waals surface area contributed by atoms with E-state index in [4.69, 9.17) is 0 Å². The Hall–Kier alpha value is -1.80. The molecule has 0 radical (unpaired) electrons. The molecule has 2 heteroatoms. The van der Waals surface area contributed by atoms with Crippen molar-refractivity contribution in [3.05, 3.63) is 59.2 Å². The van der Waals surface area contributed by atoms with Gasteiger partial charge in [0.05, 0.1) is 0 Å². The minimum Gasteiger partial charge on any atom is -0.341 e. The third-order valence-corrected chi connectivity index (χ3v) is 4.23. The van der Waals surface area contributed by atoms with Gasteiger partial charge in [0.1, 0.15) is 0 Å². The third-order valence-electron chi connectivity index (χ3n) is 4.23. The number of hydrogen-bond acceptors (Lipinski definition) is 2. The van der Waals surface area contributed by atoms with Crippen molar-refractivity contribution in [3.63, 3.8) is 0 Å². The predicted octanol–water partition coefficient (Wildman–Crippen LogP) is 4.19. The summed E-state index contributed by atoms with van der Waals surface area (Å²) < 4.78 is 0. The lowest BCUT2D eigenvalue weighted by atomic mass is 10.1. The number of anilines is 2. The molecule has 3 rings (SSSR count). The molecule has 0 bridgehead atoms. The summed E-state index contributed by atoms with van der Waals surface area (Å²) in [5, 5.41) is 3.49. The van der Waals surface area contributed by atoms with E-state index in [0.717, 1.165) is 19.5 Å². The van der Waals surface area contributed by atoms with Crippen LogP contribution in [0.2, 0.25) is 0 Å². The minimum atomic E-state index is 0.523. The van der Waals surface area contributed by atoms with Gasteiger partial charge in [0.25, 0.3) is 0 Å². The number of rotatable bonds is 4. The highest BCUT2D eigenvalue weighted by Crippen LogP contribution is 2.34. The van der Waals surface area contributed by atoms with Crippen LogP contribution in [0.3, 0.4) is 0 Å². The third kappa shape index (κ3) is 2.96. The molecule has 1 N–H and O–H groups in total. The van der Waals surface area contributed by atoms with Crippen molar-refractivity contribution in [1.82, 2.24) is 5.32 Å².